The van der Waals surface area contributed by atoms with Gasteiger partial charge in [0.15, 0.2) is 0 Å². The summed E-state index contributed by atoms with van der Waals surface area (Å²) < 4.78 is 0. The molecule has 0 heterocycles. The van der Waals surface area contributed by atoms with Crippen LogP contribution in [-0.4, -0.2) is 17.7 Å². The van der Waals surface area contributed by atoms with Gasteiger partial charge in [-0.15, -0.1) is 0 Å². The van der Waals surface area contributed by atoms with Crippen LogP contribution in [-0.2, 0) is 4.79 Å². The lowest BCUT2D eigenvalue weighted by atomic mass is 10.1. The summed E-state index contributed by atoms with van der Waals surface area (Å²) in [6.07, 6.45) is 0. The van der Waals surface area contributed by atoms with Crippen molar-refractivity contribution in [1.82, 2.24) is 10.9 Å². The van der Waals surface area contributed by atoms with E-state index in [1.165, 1.54) is 6.92 Å². The number of benzene rings is 2. The summed E-state index contributed by atoms with van der Waals surface area (Å²) in [5, 5.41) is 2.73. The fraction of sp³-hybridized carbons (Fsp3) is 0.0625. The molecule has 2 aromatic carbocycles. The SMILES string of the molecule is CC(=O)NNC(=O)c1ccc(NC(=O)c2ccccc2)cc1. The molecule has 0 aliphatic heterocycles. The van der Waals surface area contributed by atoms with Crippen LogP contribution >= 0.6 is 0 Å². The lowest BCUT2D eigenvalue weighted by Gasteiger charge is -2.07. The maximum absolute atomic E-state index is 12.0. The molecule has 3 amide bonds. The molecule has 6 heteroatoms. The van der Waals surface area contributed by atoms with Crippen molar-refractivity contribution in [3.05, 3.63) is 65.7 Å². The summed E-state index contributed by atoms with van der Waals surface area (Å²) in [5.74, 6) is -1.02. The minimum Gasteiger partial charge on any atom is -0.322 e. The van der Waals surface area contributed by atoms with E-state index in [0.29, 0.717) is 16.8 Å². The molecule has 0 aliphatic carbocycles. The number of hydrazine groups is 1. The third-order valence-electron chi connectivity index (χ3n) is 2.79. The number of nitrogens with one attached hydrogen (secondary N) is 3. The summed E-state index contributed by atoms with van der Waals surface area (Å²) in [7, 11) is 0. The van der Waals surface area contributed by atoms with Gasteiger partial charge in [-0.1, -0.05) is 18.2 Å². The fourth-order valence-electron chi connectivity index (χ4n) is 1.71. The molecule has 0 aliphatic rings. The van der Waals surface area contributed by atoms with E-state index in [-0.39, 0.29) is 11.8 Å². The molecule has 6 nitrogen and oxygen atoms in total. The molecule has 112 valence electrons. The molecule has 22 heavy (non-hydrogen) atoms. The largest absolute Gasteiger partial charge is 0.322 e. The highest BCUT2D eigenvalue weighted by Gasteiger charge is 2.08. The second-order valence-electron chi connectivity index (χ2n) is 4.53. The molecule has 0 aromatic heterocycles. The van der Waals surface area contributed by atoms with E-state index in [1.807, 2.05) is 6.07 Å². The Kier molecular flexibility index (Phi) is 4.87. The molecule has 0 saturated carbocycles. The maximum atomic E-state index is 12.0. The molecule has 0 saturated heterocycles. The minimum atomic E-state index is -0.434. The van der Waals surface area contributed by atoms with Crippen LogP contribution in [0, 0.1) is 0 Å². The summed E-state index contributed by atoms with van der Waals surface area (Å²) in [5.41, 5.74) is 5.95. The summed E-state index contributed by atoms with van der Waals surface area (Å²) in [4.78, 5) is 34.4. The Morgan fingerprint density at radius 1 is 0.727 bits per heavy atom. The Hall–Kier alpha value is -3.15. The van der Waals surface area contributed by atoms with Gasteiger partial charge >= 0.3 is 0 Å². The van der Waals surface area contributed by atoms with Gasteiger partial charge in [0.25, 0.3) is 11.8 Å². The lowest BCUT2D eigenvalue weighted by molar-refractivity contribution is -0.119. The van der Waals surface area contributed by atoms with Gasteiger partial charge in [-0.3, -0.25) is 25.2 Å². The van der Waals surface area contributed by atoms with E-state index >= 15 is 0 Å². The van der Waals surface area contributed by atoms with E-state index in [4.69, 9.17) is 0 Å². The molecular weight excluding hydrogens is 282 g/mol. The maximum Gasteiger partial charge on any atom is 0.269 e. The highest BCUT2D eigenvalue weighted by Crippen LogP contribution is 2.11. The number of carbonyl (C=O) groups is 3. The van der Waals surface area contributed by atoms with Gasteiger partial charge in [-0.05, 0) is 36.4 Å². The van der Waals surface area contributed by atoms with Crippen LogP contribution in [0.15, 0.2) is 54.6 Å². The van der Waals surface area contributed by atoms with Crippen molar-refractivity contribution >= 4 is 23.4 Å². The average molecular weight is 297 g/mol. The molecule has 0 unspecified atom stereocenters. The van der Waals surface area contributed by atoms with Crippen LogP contribution in [0.4, 0.5) is 5.69 Å². The number of hydrogen-bond donors (Lipinski definition) is 3. The van der Waals surface area contributed by atoms with Gasteiger partial charge < -0.3 is 5.32 Å². The zero-order valence-corrected chi connectivity index (χ0v) is 11.9. The first-order chi connectivity index (χ1) is 10.6. The third kappa shape index (κ3) is 4.17. The zero-order valence-electron chi connectivity index (χ0n) is 11.9. The van der Waals surface area contributed by atoms with Crippen molar-refractivity contribution in [3.63, 3.8) is 0 Å². The van der Waals surface area contributed by atoms with E-state index in [2.05, 4.69) is 16.2 Å². The van der Waals surface area contributed by atoms with Crippen LogP contribution in [0.2, 0.25) is 0 Å². The van der Waals surface area contributed by atoms with Gasteiger partial charge in [-0.25, -0.2) is 0 Å². The first-order valence-electron chi connectivity index (χ1n) is 6.59. The van der Waals surface area contributed by atoms with E-state index in [0.717, 1.165) is 0 Å². The first kappa shape index (κ1) is 15.2. The van der Waals surface area contributed by atoms with E-state index < -0.39 is 5.91 Å². The molecule has 2 rings (SSSR count). The van der Waals surface area contributed by atoms with E-state index in [9.17, 15) is 14.4 Å². The van der Waals surface area contributed by atoms with Crippen LogP contribution in [0.25, 0.3) is 0 Å². The summed E-state index contributed by atoms with van der Waals surface area (Å²) >= 11 is 0. The minimum absolute atomic E-state index is 0.226. The smallest absolute Gasteiger partial charge is 0.269 e. The standard InChI is InChI=1S/C16H15N3O3/c1-11(20)18-19-16(22)13-7-9-14(10-8-13)17-15(21)12-5-3-2-4-6-12/h2-10H,1H3,(H,17,21)(H,18,20)(H,19,22). The molecule has 0 spiro atoms. The predicted octanol–water partition coefficient (Wildman–Crippen LogP) is 1.72. The summed E-state index contributed by atoms with van der Waals surface area (Å²) in [6, 6.07) is 15.2. The van der Waals surface area contributed by atoms with Crippen LogP contribution in [0.1, 0.15) is 27.6 Å². The molecule has 0 fully saturated rings. The van der Waals surface area contributed by atoms with Crippen molar-refractivity contribution in [2.75, 3.05) is 5.32 Å². The second-order valence-corrected chi connectivity index (χ2v) is 4.53. The molecule has 2 aromatic rings. The first-order valence-corrected chi connectivity index (χ1v) is 6.59. The Labute approximate surface area is 127 Å². The average Bonchev–Trinajstić information content (AvgIpc) is 2.54. The highest BCUT2D eigenvalue weighted by atomic mass is 16.2. The van der Waals surface area contributed by atoms with Crippen molar-refractivity contribution in [2.24, 2.45) is 0 Å². The lowest BCUT2D eigenvalue weighted by Crippen LogP contribution is -2.40. The Morgan fingerprint density at radius 3 is 1.91 bits per heavy atom. The second kappa shape index (κ2) is 7.03. The molecular formula is C16H15N3O3. The number of carbonyl (C=O) groups excluding carboxylic acids is 3. The number of rotatable bonds is 3. The molecule has 0 bridgehead atoms. The van der Waals surface area contributed by atoms with Crippen LogP contribution in [0.5, 0.6) is 0 Å². The monoisotopic (exact) mass is 297 g/mol. The van der Waals surface area contributed by atoms with Crippen molar-refractivity contribution in [1.29, 1.82) is 0 Å². The normalized spacial score (nSPS) is 9.68. The number of amides is 3. The zero-order chi connectivity index (χ0) is 15.9. The quantitative estimate of drug-likeness (QED) is 0.754. The van der Waals surface area contributed by atoms with Crippen LogP contribution < -0.4 is 16.2 Å². The third-order valence-corrected chi connectivity index (χ3v) is 2.79. The highest BCUT2D eigenvalue weighted by molar-refractivity contribution is 6.04. The fourth-order valence-corrected chi connectivity index (χ4v) is 1.71. The van der Waals surface area contributed by atoms with Crippen LogP contribution in [0.3, 0.4) is 0 Å². The van der Waals surface area contributed by atoms with Gasteiger partial charge in [0, 0.05) is 23.7 Å². The molecule has 0 atom stereocenters. The van der Waals surface area contributed by atoms with Crippen molar-refractivity contribution < 1.29 is 14.4 Å². The Bertz CT molecular complexity index is 682. The molecule has 3 N–H and O–H groups in total. The van der Waals surface area contributed by atoms with Gasteiger partial charge in [0.1, 0.15) is 0 Å². The Balaban J connectivity index is 1.98. The Morgan fingerprint density at radius 2 is 1.32 bits per heavy atom. The van der Waals surface area contributed by atoms with Gasteiger partial charge in [0.05, 0.1) is 0 Å². The van der Waals surface area contributed by atoms with Crippen molar-refractivity contribution in [3.8, 4) is 0 Å². The van der Waals surface area contributed by atoms with E-state index in [1.54, 1.807) is 48.5 Å². The molecule has 0 radical (unpaired) electrons. The topological polar surface area (TPSA) is 87.3 Å². The number of anilines is 1. The summed E-state index contributed by atoms with van der Waals surface area (Å²) in [6.45, 7) is 1.29. The van der Waals surface area contributed by atoms with Gasteiger partial charge in [-0.2, -0.15) is 0 Å². The predicted molar refractivity (Wildman–Crippen MR) is 82.1 cm³/mol. The number of hydrogen-bond acceptors (Lipinski definition) is 3. The van der Waals surface area contributed by atoms with Crippen molar-refractivity contribution in [2.45, 2.75) is 6.92 Å². The van der Waals surface area contributed by atoms with Gasteiger partial charge in [0.2, 0.25) is 5.91 Å².